The molecule has 0 amide bonds. The van der Waals surface area contributed by atoms with Gasteiger partial charge in [0, 0.05) is 18.3 Å². The number of carboxylic acid groups (broad SMARTS) is 1. The molecule has 2 rings (SSSR count). The van der Waals surface area contributed by atoms with Crippen LogP contribution in [0.5, 0.6) is 0 Å². The first kappa shape index (κ1) is 13.9. The van der Waals surface area contributed by atoms with Crippen molar-refractivity contribution in [2.45, 2.75) is 43.4 Å². The van der Waals surface area contributed by atoms with E-state index in [1.165, 1.54) is 24.3 Å². The molecule has 1 aromatic rings. The Labute approximate surface area is 109 Å². The van der Waals surface area contributed by atoms with Gasteiger partial charge in [-0.15, -0.1) is 0 Å². The summed E-state index contributed by atoms with van der Waals surface area (Å²) in [6.45, 7) is 0. The Kier molecular flexibility index (Phi) is 3.56. The van der Waals surface area contributed by atoms with E-state index in [2.05, 4.69) is 0 Å². The van der Waals surface area contributed by atoms with Crippen molar-refractivity contribution in [1.29, 1.82) is 0 Å². The summed E-state index contributed by atoms with van der Waals surface area (Å²) in [6, 6.07) is 5.49. The van der Waals surface area contributed by atoms with Gasteiger partial charge in [0.25, 0.3) is 0 Å². The van der Waals surface area contributed by atoms with Gasteiger partial charge in [0.2, 0.25) is 5.92 Å². The molecule has 1 fully saturated rings. The van der Waals surface area contributed by atoms with E-state index in [9.17, 15) is 18.0 Å². The molecule has 0 saturated heterocycles. The van der Waals surface area contributed by atoms with Gasteiger partial charge in [0.15, 0.2) is 0 Å². The Morgan fingerprint density at radius 1 is 1.11 bits per heavy atom. The SMILES string of the molecule is O=C(O)CC1(c2ccc(F)cc2)CCC(F)(F)CC1. The van der Waals surface area contributed by atoms with E-state index in [0.29, 0.717) is 5.56 Å². The standard InChI is InChI=1S/C14H15F3O2/c15-11-3-1-10(2-4-11)13(9-12(18)19)5-7-14(16,17)8-6-13/h1-4H,5-9H2,(H,18,19). The van der Waals surface area contributed by atoms with Crippen molar-refractivity contribution in [3.8, 4) is 0 Å². The number of benzene rings is 1. The molecule has 0 aromatic heterocycles. The zero-order valence-corrected chi connectivity index (χ0v) is 10.3. The molecule has 5 heteroatoms. The van der Waals surface area contributed by atoms with E-state index in [1.807, 2.05) is 0 Å². The molecule has 1 aliphatic rings. The molecular formula is C14H15F3O2. The summed E-state index contributed by atoms with van der Waals surface area (Å²) < 4.78 is 39.4. The normalized spacial score (nSPS) is 21.0. The number of alkyl halides is 2. The third-order valence-corrected chi connectivity index (χ3v) is 3.88. The van der Waals surface area contributed by atoms with Crippen LogP contribution in [0.25, 0.3) is 0 Å². The Morgan fingerprint density at radius 2 is 1.63 bits per heavy atom. The monoisotopic (exact) mass is 272 g/mol. The number of halogens is 3. The van der Waals surface area contributed by atoms with Crippen molar-refractivity contribution in [1.82, 2.24) is 0 Å². The second-order valence-corrected chi connectivity index (χ2v) is 5.21. The van der Waals surface area contributed by atoms with E-state index in [4.69, 9.17) is 5.11 Å². The molecule has 0 aliphatic heterocycles. The first-order valence-corrected chi connectivity index (χ1v) is 6.19. The molecule has 0 heterocycles. The molecule has 0 bridgehead atoms. The summed E-state index contributed by atoms with van der Waals surface area (Å²) in [5.41, 5.74) is -0.173. The molecule has 1 N–H and O–H groups in total. The summed E-state index contributed by atoms with van der Waals surface area (Å²) in [5.74, 6) is -4.16. The van der Waals surface area contributed by atoms with Crippen molar-refractivity contribution in [3.63, 3.8) is 0 Å². The lowest BCUT2D eigenvalue weighted by Gasteiger charge is -2.39. The summed E-state index contributed by atoms with van der Waals surface area (Å²) in [4.78, 5) is 11.0. The first-order valence-electron chi connectivity index (χ1n) is 6.19. The van der Waals surface area contributed by atoms with E-state index < -0.39 is 23.1 Å². The number of carboxylic acids is 1. The van der Waals surface area contributed by atoms with E-state index >= 15 is 0 Å². The Balaban J connectivity index is 2.30. The van der Waals surface area contributed by atoms with Gasteiger partial charge in [-0.25, -0.2) is 13.2 Å². The number of aliphatic carboxylic acids is 1. The van der Waals surface area contributed by atoms with Gasteiger partial charge < -0.3 is 5.11 Å². The number of hydrogen-bond acceptors (Lipinski definition) is 1. The fraction of sp³-hybridized carbons (Fsp3) is 0.500. The molecule has 0 atom stereocenters. The highest BCUT2D eigenvalue weighted by Gasteiger charge is 2.45. The summed E-state index contributed by atoms with van der Waals surface area (Å²) in [6.07, 6.45) is -0.625. The predicted octanol–water partition coefficient (Wildman–Crippen LogP) is 3.75. The third kappa shape index (κ3) is 3.08. The fourth-order valence-electron chi connectivity index (χ4n) is 2.75. The fourth-order valence-corrected chi connectivity index (χ4v) is 2.75. The molecule has 0 spiro atoms. The second-order valence-electron chi connectivity index (χ2n) is 5.21. The molecule has 0 unspecified atom stereocenters. The molecule has 19 heavy (non-hydrogen) atoms. The largest absolute Gasteiger partial charge is 0.481 e. The lowest BCUT2D eigenvalue weighted by atomic mass is 9.66. The number of carbonyl (C=O) groups is 1. The van der Waals surface area contributed by atoms with Crippen LogP contribution >= 0.6 is 0 Å². The van der Waals surface area contributed by atoms with Gasteiger partial charge in [-0.1, -0.05) is 12.1 Å². The molecule has 1 aliphatic carbocycles. The zero-order valence-electron chi connectivity index (χ0n) is 10.3. The summed E-state index contributed by atoms with van der Waals surface area (Å²) >= 11 is 0. The highest BCUT2D eigenvalue weighted by molar-refractivity contribution is 5.69. The summed E-state index contributed by atoms with van der Waals surface area (Å²) in [5, 5.41) is 9.02. The first-order chi connectivity index (χ1) is 8.83. The highest BCUT2D eigenvalue weighted by atomic mass is 19.3. The molecule has 104 valence electrons. The predicted molar refractivity (Wildman–Crippen MR) is 63.7 cm³/mol. The van der Waals surface area contributed by atoms with Crippen LogP contribution in [0.4, 0.5) is 13.2 Å². The van der Waals surface area contributed by atoms with Gasteiger partial charge >= 0.3 is 5.97 Å². The zero-order chi connectivity index (χ0) is 14.1. The molecule has 2 nitrogen and oxygen atoms in total. The van der Waals surface area contributed by atoms with Crippen LogP contribution in [0, 0.1) is 5.82 Å². The van der Waals surface area contributed by atoms with Crippen LogP contribution in [0.1, 0.15) is 37.7 Å². The number of hydrogen-bond donors (Lipinski definition) is 1. The molecular weight excluding hydrogens is 257 g/mol. The highest BCUT2D eigenvalue weighted by Crippen LogP contribution is 2.47. The summed E-state index contributed by atoms with van der Waals surface area (Å²) in [7, 11) is 0. The molecule has 0 radical (unpaired) electrons. The minimum atomic E-state index is -2.72. The van der Waals surface area contributed by atoms with Crippen molar-refractivity contribution in [2.75, 3.05) is 0 Å². The maximum atomic E-state index is 13.3. The lowest BCUT2D eigenvalue weighted by molar-refractivity contribution is -0.140. The van der Waals surface area contributed by atoms with Crippen LogP contribution in [0.3, 0.4) is 0 Å². The van der Waals surface area contributed by atoms with Gasteiger partial charge in [-0.05, 0) is 30.5 Å². The van der Waals surface area contributed by atoms with E-state index in [0.717, 1.165) is 0 Å². The Morgan fingerprint density at radius 3 is 2.11 bits per heavy atom. The quantitative estimate of drug-likeness (QED) is 0.910. The average Bonchev–Trinajstić information content (AvgIpc) is 2.33. The van der Waals surface area contributed by atoms with Gasteiger partial charge in [0.1, 0.15) is 5.82 Å². The van der Waals surface area contributed by atoms with Crippen molar-refractivity contribution >= 4 is 5.97 Å². The van der Waals surface area contributed by atoms with Crippen molar-refractivity contribution < 1.29 is 23.1 Å². The number of rotatable bonds is 3. The molecule has 1 aromatic carbocycles. The third-order valence-electron chi connectivity index (χ3n) is 3.88. The van der Waals surface area contributed by atoms with Crippen LogP contribution in [0.2, 0.25) is 0 Å². The second kappa shape index (κ2) is 4.87. The van der Waals surface area contributed by atoms with Crippen LogP contribution in [-0.2, 0) is 10.2 Å². The topological polar surface area (TPSA) is 37.3 Å². The lowest BCUT2D eigenvalue weighted by Crippen LogP contribution is -2.38. The minimum Gasteiger partial charge on any atom is -0.481 e. The van der Waals surface area contributed by atoms with Gasteiger partial charge in [-0.3, -0.25) is 4.79 Å². The van der Waals surface area contributed by atoms with Crippen LogP contribution in [-0.4, -0.2) is 17.0 Å². The minimum absolute atomic E-state index is 0.109. The maximum absolute atomic E-state index is 13.3. The van der Waals surface area contributed by atoms with E-state index in [1.54, 1.807) is 0 Å². The van der Waals surface area contributed by atoms with Crippen LogP contribution in [0.15, 0.2) is 24.3 Å². The Bertz CT molecular complexity index is 458. The van der Waals surface area contributed by atoms with Gasteiger partial charge in [0.05, 0.1) is 6.42 Å². The smallest absolute Gasteiger partial charge is 0.304 e. The van der Waals surface area contributed by atoms with Gasteiger partial charge in [-0.2, -0.15) is 0 Å². The molecule has 1 saturated carbocycles. The maximum Gasteiger partial charge on any atom is 0.304 e. The van der Waals surface area contributed by atoms with Crippen LogP contribution < -0.4 is 0 Å². The van der Waals surface area contributed by atoms with E-state index in [-0.39, 0.29) is 32.1 Å². The average molecular weight is 272 g/mol. The van der Waals surface area contributed by atoms with Crippen molar-refractivity contribution in [3.05, 3.63) is 35.6 Å². The Hall–Kier alpha value is -1.52. The van der Waals surface area contributed by atoms with Crippen molar-refractivity contribution in [2.24, 2.45) is 0 Å².